The second-order valence-electron chi connectivity index (χ2n) is 7.17. The van der Waals surface area contributed by atoms with Crippen molar-refractivity contribution in [3.63, 3.8) is 0 Å². The maximum atomic E-state index is 12.3. The van der Waals surface area contributed by atoms with Gasteiger partial charge in [-0.05, 0) is 44.4 Å². The molecule has 1 atom stereocenters. The fourth-order valence-electron chi connectivity index (χ4n) is 3.91. The van der Waals surface area contributed by atoms with E-state index in [1.807, 2.05) is 18.2 Å². The first-order chi connectivity index (χ1) is 12.3. The van der Waals surface area contributed by atoms with Crippen molar-refractivity contribution in [3.8, 4) is 0 Å². The zero-order valence-electron chi connectivity index (χ0n) is 14.5. The average molecular weight is 342 g/mol. The van der Waals surface area contributed by atoms with E-state index >= 15 is 0 Å². The number of piperidine rings is 1. The summed E-state index contributed by atoms with van der Waals surface area (Å²) in [7, 11) is 0. The van der Waals surface area contributed by atoms with Gasteiger partial charge in [0.1, 0.15) is 5.82 Å². The summed E-state index contributed by atoms with van der Waals surface area (Å²) in [6.45, 7) is 3.86. The van der Waals surface area contributed by atoms with Crippen molar-refractivity contribution in [2.45, 2.75) is 37.6 Å². The minimum atomic E-state index is 0.136. The molecule has 2 N–H and O–H groups in total. The molecule has 6 heteroatoms. The van der Waals surface area contributed by atoms with E-state index < -0.39 is 0 Å². The zero-order chi connectivity index (χ0) is 17.1. The number of aromatic nitrogens is 2. The van der Waals surface area contributed by atoms with Gasteiger partial charge in [-0.15, -0.1) is 0 Å². The lowest BCUT2D eigenvalue weighted by Gasteiger charge is -2.32. The van der Waals surface area contributed by atoms with Crippen LogP contribution in [0, 0.1) is 0 Å². The highest BCUT2D eigenvalue weighted by atomic mass is 16.5. The minimum absolute atomic E-state index is 0.136. The Morgan fingerprint density at radius 1 is 1.28 bits per heavy atom. The molecular formula is C19H26N4O2. The summed E-state index contributed by atoms with van der Waals surface area (Å²) in [5.74, 6) is 1.56. The molecule has 0 bridgehead atoms. The molecule has 0 unspecified atom stereocenters. The van der Waals surface area contributed by atoms with Gasteiger partial charge in [-0.25, -0.2) is 4.98 Å². The molecule has 134 valence electrons. The fraction of sp³-hybridized carbons (Fsp3) is 0.579. The van der Waals surface area contributed by atoms with Gasteiger partial charge in [-0.3, -0.25) is 9.69 Å². The molecule has 25 heavy (non-hydrogen) atoms. The maximum Gasteiger partial charge on any atom is 0.234 e. The molecule has 2 aliphatic rings. The normalized spacial score (nSPS) is 23.0. The second kappa shape index (κ2) is 7.54. The molecule has 1 aromatic heterocycles. The third-order valence-corrected chi connectivity index (χ3v) is 5.25. The second-order valence-corrected chi connectivity index (χ2v) is 7.17. The van der Waals surface area contributed by atoms with Crippen molar-refractivity contribution < 1.29 is 9.53 Å². The van der Waals surface area contributed by atoms with Crippen LogP contribution in [0.15, 0.2) is 24.3 Å². The molecule has 2 aliphatic heterocycles. The summed E-state index contributed by atoms with van der Waals surface area (Å²) in [5.41, 5.74) is 2.11. The third kappa shape index (κ3) is 4.02. The first-order valence-corrected chi connectivity index (χ1v) is 9.32. The number of carbonyl (C=O) groups excluding carboxylic acids is 1. The fourth-order valence-corrected chi connectivity index (χ4v) is 3.91. The van der Waals surface area contributed by atoms with Gasteiger partial charge in [-0.1, -0.05) is 12.1 Å². The van der Waals surface area contributed by atoms with Crippen LogP contribution in [0.1, 0.15) is 37.4 Å². The summed E-state index contributed by atoms with van der Waals surface area (Å²) in [4.78, 5) is 22.8. The zero-order valence-corrected chi connectivity index (χ0v) is 14.5. The van der Waals surface area contributed by atoms with Gasteiger partial charge in [0.15, 0.2) is 0 Å². The molecule has 6 nitrogen and oxygen atoms in total. The number of rotatable bonds is 4. The van der Waals surface area contributed by atoms with E-state index in [1.165, 1.54) is 0 Å². The molecule has 2 aromatic rings. The van der Waals surface area contributed by atoms with E-state index in [1.54, 1.807) is 0 Å². The summed E-state index contributed by atoms with van der Waals surface area (Å²) in [5, 5.41) is 3.16. The Bertz CT molecular complexity index is 690. The van der Waals surface area contributed by atoms with Gasteiger partial charge in [0, 0.05) is 31.7 Å². The van der Waals surface area contributed by atoms with Gasteiger partial charge in [0.05, 0.1) is 17.6 Å². The monoisotopic (exact) mass is 342 g/mol. The number of H-pyrrole nitrogens is 1. The van der Waals surface area contributed by atoms with Gasteiger partial charge in [0.25, 0.3) is 0 Å². The van der Waals surface area contributed by atoms with Crippen LogP contribution in [0.5, 0.6) is 0 Å². The van der Waals surface area contributed by atoms with Crippen LogP contribution < -0.4 is 5.32 Å². The van der Waals surface area contributed by atoms with E-state index in [0.29, 0.717) is 12.5 Å². The van der Waals surface area contributed by atoms with Crippen molar-refractivity contribution in [3.05, 3.63) is 30.1 Å². The molecule has 0 spiro atoms. The van der Waals surface area contributed by atoms with E-state index in [9.17, 15) is 4.79 Å². The highest BCUT2D eigenvalue weighted by Gasteiger charge is 2.26. The maximum absolute atomic E-state index is 12.3. The number of likely N-dealkylation sites (tertiary alicyclic amines) is 1. The Balaban J connectivity index is 1.34. The van der Waals surface area contributed by atoms with Crippen molar-refractivity contribution in [1.29, 1.82) is 0 Å². The predicted molar refractivity (Wildman–Crippen MR) is 96.5 cm³/mol. The molecule has 0 radical (unpaired) electrons. The number of nitrogens with zero attached hydrogens (tertiary/aromatic N) is 2. The van der Waals surface area contributed by atoms with Crippen LogP contribution in [0.25, 0.3) is 11.0 Å². The van der Waals surface area contributed by atoms with Crippen LogP contribution in [-0.2, 0) is 9.53 Å². The standard InChI is InChI=1S/C19H26N4O2/c24-18(20-15-7-10-25-11-8-15)13-23-9-3-4-14(12-23)19-21-16-5-1-2-6-17(16)22-19/h1-2,5-6,14-15H,3-4,7-13H2,(H,20,24)(H,21,22)/t14-/m0/s1. The molecule has 0 aliphatic carbocycles. The molecule has 0 saturated carbocycles. The highest BCUT2D eigenvalue weighted by molar-refractivity contribution is 5.78. The lowest BCUT2D eigenvalue weighted by atomic mass is 9.97. The van der Waals surface area contributed by atoms with Crippen LogP contribution >= 0.6 is 0 Å². The Morgan fingerprint density at radius 2 is 2.12 bits per heavy atom. The number of nitrogens with one attached hydrogen (secondary N) is 2. The Kier molecular flexibility index (Phi) is 4.99. The predicted octanol–water partition coefficient (Wildman–Crippen LogP) is 2.04. The van der Waals surface area contributed by atoms with Crippen molar-refractivity contribution in [2.75, 3.05) is 32.8 Å². The van der Waals surface area contributed by atoms with Crippen LogP contribution in [0.2, 0.25) is 0 Å². The first kappa shape index (κ1) is 16.5. The lowest BCUT2D eigenvalue weighted by Crippen LogP contribution is -2.46. The molecule has 2 saturated heterocycles. The molecular weight excluding hydrogens is 316 g/mol. The number of amides is 1. The van der Waals surface area contributed by atoms with Crippen LogP contribution in [-0.4, -0.2) is 59.7 Å². The summed E-state index contributed by atoms with van der Waals surface area (Å²) < 4.78 is 5.35. The number of hydrogen-bond donors (Lipinski definition) is 2. The van der Waals surface area contributed by atoms with Crippen molar-refractivity contribution in [1.82, 2.24) is 20.2 Å². The van der Waals surface area contributed by atoms with Crippen LogP contribution in [0.4, 0.5) is 0 Å². The smallest absolute Gasteiger partial charge is 0.234 e. The number of fused-ring (bicyclic) bond motifs is 1. The number of ether oxygens (including phenoxy) is 1. The summed E-state index contributed by atoms with van der Waals surface area (Å²) in [6.07, 6.45) is 4.07. The Morgan fingerprint density at radius 3 is 2.96 bits per heavy atom. The molecule has 1 amide bonds. The van der Waals surface area contributed by atoms with E-state index in [2.05, 4.69) is 21.3 Å². The number of hydrogen-bond acceptors (Lipinski definition) is 4. The molecule has 3 heterocycles. The minimum Gasteiger partial charge on any atom is -0.381 e. The third-order valence-electron chi connectivity index (χ3n) is 5.25. The number of carbonyl (C=O) groups is 1. The summed E-state index contributed by atoms with van der Waals surface area (Å²) >= 11 is 0. The van der Waals surface area contributed by atoms with Gasteiger partial charge in [0.2, 0.25) is 5.91 Å². The van der Waals surface area contributed by atoms with Gasteiger partial charge >= 0.3 is 0 Å². The molecule has 4 rings (SSSR count). The number of benzene rings is 1. The largest absolute Gasteiger partial charge is 0.381 e. The first-order valence-electron chi connectivity index (χ1n) is 9.32. The summed E-state index contributed by atoms with van der Waals surface area (Å²) in [6, 6.07) is 8.42. The SMILES string of the molecule is O=C(CN1CCC[C@H](c2nc3ccccc3[nH]2)C1)NC1CCOCC1. The van der Waals surface area contributed by atoms with E-state index in [4.69, 9.17) is 9.72 Å². The number of para-hydroxylation sites is 2. The Labute approximate surface area is 147 Å². The molecule has 1 aromatic carbocycles. The Hall–Kier alpha value is -1.92. The van der Waals surface area contributed by atoms with Gasteiger partial charge in [-0.2, -0.15) is 0 Å². The van der Waals surface area contributed by atoms with E-state index in [0.717, 1.165) is 68.8 Å². The topological polar surface area (TPSA) is 70.2 Å². The van der Waals surface area contributed by atoms with Crippen molar-refractivity contribution >= 4 is 16.9 Å². The van der Waals surface area contributed by atoms with Crippen LogP contribution in [0.3, 0.4) is 0 Å². The molecule has 2 fully saturated rings. The number of aromatic amines is 1. The van der Waals surface area contributed by atoms with Gasteiger partial charge < -0.3 is 15.0 Å². The average Bonchev–Trinajstić information content (AvgIpc) is 3.07. The van der Waals surface area contributed by atoms with E-state index in [-0.39, 0.29) is 11.9 Å². The quantitative estimate of drug-likeness (QED) is 0.892. The van der Waals surface area contributed by atoms with Crippen molar-refractivity contribution in [2.24, 2.45) is 0 Å². The lowest BCUT2D eigenvalue weighted by molar-refractivity contribution is -0.123. The number of imidazole rings is 1. The highest BCUT2D eigenvalue weighted by Crippen LogP contribution is 2.26.